The van der Waals surface area contributed by atoms with E-state index in [-0.39, 0.29) is 5.56 Å². The van der Waals surface area contributed by atoms with Gasteiger partial charge in [0.25, 0.3) is 0 Å². The van der Waals surface area contributed by atoms with E-state index in [1.807, 2.05) is 36.4 Å². The Balaban J connectivity index is 1.72. The zero-order valence-electron chi connectivity index (χ0n) is 19.1. The number of halogens is 3. The monoisotopic (exact) mass is 470 g/mol. The maximum Gasteiger partial charge on any atom is 0.416 e. The summed E-state index contributed by atoms with van der Waals surface area (Å²) in [6.45, 7) is 3.28. The van der Waals surface area contributed by atoms with E-state index in [4.69, 9.17) is 9.47 Å². The van der Waals surface area contributed by atoms with Crippen LogP contribution in [0.4, 0.5) is 13.2 Å². The molecule has 7 heteroatoms. The molecule has 0 bridgehead atoms. The molecule has 34 heavy (non-hydrogen) atoms. The summed E-state index contributed by atoms with van der Waals surface area (Å²) in [5.74, 6) is 1.05. The predicted molar refractivity (Wildman–Crippen MR) is 126 cm³/mol. The Labute approximate surface area is 198 Å². The van der Waals surface area contributed by atoms with E-state index in [1.165, 1.54) is 6.07 Å². The van der Waals surface area contributed by atoms with Crippen LogP contribution >= 0.6 is 0 Å². The van der Waals surface area contributed by atoms with Crippen molar-refractivity contribution in [1.82, 2.24) is 10.2 Å². The molecule has 4 nitrogen and oxygen atoms in total. The van der Waals surface area contributed by atoms with Crippen LogP contribution in [-0.2, 0) is 12.8 Å². The van der Waals surface area contributed by atoms with Gasteiger partial charge in [0, 0.05) is 19.6 Å². The van der Waals surface area contributed by atoms with Gasteiger partial charge >= 0.3 is 6.18 Å². The van der Waals surface area contributed by atoms with Gasteiger partial charge in [-0.3, -0.25) is 4.90 Å². The van der Waals surface area contributed by atoms with Crippen LogP contribution in [0.5, 0.6) is 11.5 Å². The second kappa shape index (κ2) is 10.9. The van der Waals surface area contributed by atoms with Crippen LogP contribution in [0.15, 0.2) is 72.8 Å². The minimum absolute atomic E-state index is 0.247. The SMILES string of the molecule is COc1cc(C(c2ccccc2C(F)(F)F)N2CCCNCC2)ccc1OCc1ccccc1. The number of benzene rings is 3. The first-order valence-corrected chi connectivity index (χ1v) is 11.4. The largest absolute Gasteiger partial charge is 0.493 e. The summed E-state index contributed by atoms with van der Waals surface area (Å²) >= 11 is 0. The fourth-order valence-electron chi connectivity index (χ4n) is 4.41. The maximum atomic E-state index is 14.0. The number of ether oxygens (including phenoxy) is 2. The molecule has 0 spiro atoms. The van der Waals surface area contributed by atoms with Gasteiger partial charge in [-0.2, -0.15) is 13.2 Å². The van der Waals surface area contributed by atoms with Crippen molar-refractivity contribution in [2.45, 2.75) is 25.2 Å². The molecule has 0 amide bonds. The minimum Gasteiger partial charge on any atom is -0.493 e. The quantitative estimate of drug-likeness (QED) is 0.482. The first kappa shape index (κ1) is 24.1. The van der Waals surface area contributed by atoms with Gasteiger partial charge in [-0.05, 0) is 47.9 Å². The van der Waals surface area contributed by atoms with Crippen LogP contribution in [0.2, 0.25) is 0 Å². The fraction of sp³-hybridized carbons (Fsp3) is 0.333. The number of hydrogen-bond donors (Lipinski definition) is 1. The molecular weight excluding hydrogens is 441 g/mol. The Morgan fingerprint density at radius 3 is 2.44 bits per heavy atom. The Hall–Kier alpha value is -3.03. The number of nitrogens with zero attached hydrogens (tertiary/aromatic N) is 1. The summed E-state index contributed by atoms with van der Waals surface area (Å²) in [6, 6.07) is 20.5. The molecule has 1 atom stereocenters. The summed E-state index contributed by atoms with van der Waals surface area (Å²) in [7, 11) is 1.54. The first-order chi connectivity index (χ1) is 16.5. The lowest BCUT2D eigenvalue weighted by atomic mass is 9.92. The number of methoxy groups -OCH3 is 1. The average molecular weight is 471 g/mol. The van der Waals surface area contributed by atoms with Gasteiger partial charge in [0.15, 0.2) is 11.5 Å². The lowest BCUT2D eigenvalue weighted by Gasteiger charge is -2.33. The smallest absolute Gasteiger partial charge is 0.416 e. The highest BCUT2D eigenvalue weighted by atomic mass is 19.4. The van der Waals surface area contributed by atoms with Crippen molar-refractivity contribution in [3.63, 3.8) is 0 Å². The van der Waals surface area contributed by atoms with Crippen molar-refractivity contribution in [1.29, 1.82) is 0 Å². The van der Waals surface area contributed by atoms with Gasteiger partial charge in [-0.15, -0.1) is 0 Å². The summed E-state index contributed by atoms with van der Waals surface area (Å²) in [5.41, 5.74) is 1.39. The van der Waals surface area contributed by atoms with E-state index >= 15 is 0 Å². The van der Waals surface area contributed by atoms with Gasteiger partial charge in [-0.25, -0.2) is 0 Å². The van der Waals surface area contributed by atoms with E-state index < -0.39 is 17.8 Å². The number of hydrogen-bond acceptors (Lipinski definition) is 4. The molecule has 1 unspecified atom stereocenters. The standard InChI is InChI=1S/C27H29F3N2O2/c1-33-25-18-21(12-13-24(25)34-19-20-8-3-2-4-9-20)26(32-16-7-14-31-15-17-32)22-10-5-6-11-23(22)27(28,29)30/h2-6,8-13,18,26,31H,7,14-17,19H2,1H3. The van der Waals surface area contributed by atoms with Crippen molar-refractivity contribution in [2.75, 3.05) is 33.3 Å². The molecule has 0 aliphatic carbocycles. The molecule has 3 aromatic carbocycles. The zero-order chi connectivity index (χ0) is 24.0. The highest BCUT2D eigenvalue weighted by molar-refractivity contribution is 5.47. The Kier molecular flexibility index (Phi) is 7.75. The summed E-state index contributed by atoms with van der Waals surface area (Å²) in [5, 5.41) is 3.34. The molecule has 1 N–H and O–H groups in total. The van der Waals surface area contributed by atoms with Crippen molar-refractivity contribution in [2.24, 2.45) is 0 Å². The molecule has 1 saturated heterocycles. The second-order valence-electron chi connectivity index (χ2n) is 8.31. The molecule has 1 aliphatic heterocycles. The van der Waals surface area contributed by atoms with Gasteiger partial charge < -0.3 is 14.8 Å². The van der Waals surface area contributed by atoms with E-state index in [9.17, 15) is 13.2 Å². The molecule has 0 saturated carbocycles. The van der Waals surface area contributed by atoms with E-state index in [2.05, 4.69) is 10.2 Å². The molecule has 180 valence electrons. The van der Waals surface area contributed by atoms with Gasteiger partial charge in [0.05, 0.1) is 18.7 Å². The maximum absolute atomic E-state index is 14.0. The molecule has 4 rings (SSSR count). The summed E-state index contributed by atoms with van der Waals surface area (Å²) in [6.07, 6.45) is -3.58. The van der Waals surface area contributed by atoms with Crippen LogP contribution in [0.3, 0.4) is 0 Å². The predicted octanol–water partition coefficient (Wildman–Crippen LogP) is 5.68. The third-order valence-corrected chi connectivity index (χ3v) is 6.04. The Bertz CT molecular complexity index is 1060. The number of nitrogens with one attached hydrogen (secondary N) is 1. The lowest BCUT2D eigenvalue weighted by Crippen LogP contribution is -2.34. The van der Waals surface area contributed by atoms with Crippen LogP contribution in [0.25, 0.3) is 0 Å². The number of rotatable bonds is 7. The highest BCUT2D eigenvalue weighted by Gasteiger charge is 2.37. The summed E-state index contributed by atoms with van der Waals surface area (Å²) < 4.78 is 53.5. The van der Waals surface area contributed by atoms with Crippen molar-refractivity contribution < 1.29 is 22.6 Å². The molecular formula is C27H29F3N2O2. The molecule has 0 aromatic heterocycles. The topological polar surface area (TPSA) is 33.7 Å². The van der Waals surface area contributed by atoms with Crippen molar-refractivity contribution >= 4 is 0 Å². The molecule has 1 fully saturated rings. The molecule has 3 aromatic rings. The van der Waals surface area contributed by atoms with Crippen LogP contribution < -0.4 is 14.8 Å². The fourth-order valence-corrected chi connectivity index (χ4v) is 4.41. The second-order valence-corrected chi connectivity index (χ2v) is 8.31. The van der Waals surface area contributed by atoms with Gasteiger partial charge in [-0.1, -0.05) is 54.6 Å². The normalized spacial score (nSPS) is 16.0. The van der Waals surface area contributed by atoms with Gasteiger partial charge in [0.2, 0.25) is 0 Å². The molecule has 0 radical (unpaired) electrons. The van der Waals surface area contributed by atoms with E-state index in [0.29, 0.717) is 31.2 Å². The third-order valence-electron chi connectivity index (χ3n) is 6.04. The van der Waals surface area contributed by atoms with Crippen molar-refractivity contribution in [3.8, 4) is 11.5 Å². The van der Waals surface area contributed by atoms with E-state index in [1.54, 1.807) is 31.4 Å². The van der Waals surface area contributed by atoms with E-state index in [0.717, 1.165) is 36.7 Å². The zero-order valence-corrected chi connectivity index (χ0v) is 19.1. The Morgan fingerprint density at radius 1 is 0.912 bits per heavy atom. The molecule has 1 aliphatic rings. The summed E-state index contributed by atoms with van der Waals surface area (Å²) in [4.78, 5) is 2.11. The minimum atomic E-state index is -4.44. The highest BCUT2D eigenvalue weighted by Crippen LogP contribution is 2.41. The van der Waals surface area contributed by atoms with Gasteiger partial charge in [0.1, 0.15) is 6.61 Å². The Morgan fingerprint density at radius 2 is 1.68 bits per heavy atom. The first-order valence-electron chi connectivity index (χ1n) is 11.4. The van der Waals surface area contributed by atoms with Crippen molar-refractivity contribution in [3.05, 3.63) is 95.1 Å². The van der Waals surface area contributed by atoms with Crippen LogP contribution in [-0.4, -0.2) is 38.2 Å². The molecule has 1 heterocycles. The third kappa shape index (κ3) is 5.72. The van der Waals surface area contributed by atoms with Crippen LogP contribution in [0.1, 0.15) is 34.7 Å². The average Bonchev–Trinajstić information content (AvgIpc) is 3.13. The lowest BCUT2D eigenvalue weighted by molar-refractivity contribution is -0.138. The number of alkyl halides is 3. The van der Waals surface area contributed by atoms with Crippen LogP contribution in [0, 0.1) is 0 Å².